The van der Waals surface area contributed by atoms with Gasteiger partial charge in [0, 0.05) is 11.1 Å². The number of ether oxygens (including phenoxy) is 3. The average Bonchev–Trinajstić information content (AvgIpc) is 3.20. The normalized spacial score (nSPS) is 12.3. The van der Waals surface area contributed by atoms with Gasteiger partial charge in [0.2, 0.25) is 13.4 Å². The first-order valence-electron chi connectivity index (χ1n) is 9.06. The van der Waals surface area contributed by atoms with E-state index in [1.54, 1.807) is 49.4 Å². The number of benzene rings is 2. The molecule has 156 valence electrons. The molecule has 0 saturated heterocycles. The molecule has 1 amide bonds. The first-order valence-corrected chi connectivity index (χ1v) is 9.06. The summed E-state index contributed by atoms with van der Waals surface area (Å²) in [6.45, 7) is 2.31. The molecule has 0 aromatic heterocycles. The second-order valence-electron chi connectivity index (χ2n) is 6.33. The van der Waals surface area contributed by atoms with Crippen LogP contribution >= 0.6 is 0 Å². The van der Waals surface area contributed by atoms with Crippen LogP contribution in [0.4, 0.5) is 5.69 Å². The van der Waals surface area contributed by atoms with E-state index in [-0.39, 0.29) is 12.6 Å². The molecule has 9 heteroatoms. The Bertz CT molecular complexity index is 1000. The monoisotopic (exact) mass is 412 g/mol. The lowest BCUT2D eigenvalue weighted by atomic mass is 10.1. The van der Waals surface area contributed by atoms with Crippen LogP contribution in [0.15, 0.2) is 47.6 Å². The second kappa shape index (κ2) is 9.55. The summed E-state index contributed by atoms with van der Waals surface area (Å²) < 4.78 is 15.4. The molecule has 30 heavy (non-hydrogen) atoms. The van der Waals surface area contributed by atoms with E-state index in [0.29, 0.717) is 28.5 Å². The topological polar surface area (TPSA) is 113 Å². The van der Waals surface area contributed by atoms with Crippen LogP contribution in [0.3, 0.4) is 0 Å². The quantitative estimate of drug-likeness (QED) is 0.307. The van der Waals surface area contributed by atoms with Crippen molar-refractivity contribution in [3.63, 3.8) is 0 Å². The number of anilines is 1. The molecule has 0 aliphatic carbocycles. The standard InChI is InChI=1S/C21H20N2O7/c1-13(15-7-8-18-19(9-15)29-12-28-18)23-30-11-21(26)27-10-20(25)22-17-6-4-3-5-16(17)14(2)24/h3-9H,10-12H2,1-2H3,(H,22,25)/b23-13+. The minimum Gasteiger partial charge on any atom is -0.454 e. The molecule has 1 N–H and O–H groups in total. The predicted molar refractivity (Wildman–Crippen MR) is 107 cm³/mol. The fourth-order valence-corrected chi connectivity index (χ4v) is 2.63. The van der Waals surface area contributed by atoms with Crippen molar-refractivity contribution in [3.05, 3.63) is 53.6 Å². The van der Waals surface area contributed by atoms with Crippen LogP contribution in [-0.2, 0) is 19.2 Å². The molecule has 1 aliphatic rings. The van der Waals surface area contributed by atoms with Gasteiger partial charge in [0.05, 0.1) is 11.4 Å². The van der Waals surface area contributed by atoms with Crippen LogP contribution < -0.4 is 14.8 Å². The number of nitrogens with one attached hydrogen (secondary N) is 1. The van der Waals surface area contributed by atoms with Crippen LogP contribution in [0.5, 0.6) is 11.5 Å². The van der Waals surface area contributed by atoms with Gasteiger partial charge in [-0.25, -0.2) is 4.79 Å². The number of nitrogens with zero attached hydrogens (tertiary/aromatic N) is 1. The Balaban J connectivity index is 1.44. The first-order chi connectivity index (χ1) is 14.4. The summed E-state index contributed by atoms with van der Waals surface area (Å²) in [5, 5.41) is 6.40. The lowest BCUT2D eigenvalue weighted by Gasteiger charge is -2.09. The molecule has 2 aromatic rings. The summed E-state index contributed by atoms with van der Waals surface area (Å²) in [5.74, 6) is -0.254. The van der Waals surface area contributed by atoms with Gasteiger partial charge in [-0.1, -0.05) is 17.3 Å². The number of carbonyl (C=O) groups excluding carboxylic acids is 3. The Morgan fingerprint density at radius 1 is 1.03 bits per heavy atom. The van der Waals surface area contributed by atoms with E-state index in [1.807, 2.05) is 0 Å². The van der Waals surface area contributed by atoms with Gasteiger partial charge in [0.1, 0.15) is 0 Å². The largest absolute Gasteiger partial charge is 0.454 e. The zero-order valence-electron chi connectivity index (χ0n) is 16.5. The number of oxime groups is 1. The number of ketones is 1. The molecule has 0 saturated carbocycles. The van der Waals surface area contributed by atoms with Gasteiger partial charge in [-0.2, -0.15) is 0 Å². The van der Waals surface area contributed by atoms with E-state index < -0.39 is 25.1 Å². The number of amides is 1. The smallest absolute Gasteiger partial charge is 0.347 e. The van der Waals surface area contributed by atoms with E-state index in [2.05, 4.69) is 10.5 Å². The Morgan fingerprint density at radius 3 is 2.60 bits per heavy atom. The summed E-state index contributed by atoms with van der Waals surface area (Å²) in [5.41, 5.74) is 2.00. The highest BCUT2D eigenvalue weighted by molar-refractivity contribution is 6.04. The van der Waals surface area contributed by atoms with E-state index in [1.165, 1.54) is 6.92 Å². The number of fused-ring (bicyclic) bond motifs is 1. The Labute approximate surface area is 172 Å². The molecule has 0 radical (unpaired) electrons. The van der Waals surface area contributed by atoms with E-state index in [9.17, 15) is 14.4 Å². The fraction of sp³-hybridized carbons (Fsp3) is 0.238. The highest BCUT2D eigenvalue weighted by atomic mass is 16.7. The Morgan fingerprint density at radius 2 is 1.80 bits per heavy atom. The SMILES string of the molecule is CC(=O)c1ccccc1NC(=O)COC(=O)CO/N=C(\C)c1ccc2c(c1)OCO2. The molecular formula is C21H20N2O7. The number of Topliss-reactive ketones (excluding diaryl/α,β-unsaturated/α-hetero) is 1. The fourth-order valence-electron chi connectivity index (χ4n) is 2.63. The summed E-state index contributed by atoms with van der Waals surface area (Å²) in [6.07, 6.45) is 0. The molecule has 0 atom stereocenters. The molecular weight excluding hydrogens is 392 g/mol. The van der Waals surface area contributed by atoms with E-state index in [0.717, 1.165) is 5.56 Å². The molecule has 1 aliphatic heterocycles. The number of esters is 1. The molecule has 1 heterocycles. The second-order valence-corrected chi connectivity index (χ2v) is 6.33. The molecule has 0 fully saturated rings. The third-order valence-corrected chi connectivity index (χ3v) is 4.12. The summed E-state index contributed by atoms with van der Waals surface area (Å²) in [6, 6.07) is 11.9. The predicted octanol–water partition coefficient (Wildman–Crippen LogP) is 2.54. The molecule has 9 nitrogen and oxygen atoms in total. The van der Waals surface area contributed by atoms with E-state index >= 15 is 0 Å². The lowest BCUT2D eigenvalue weighted by molar-refractivity contribution is -0.151. The van der Waals surface area contributed by atoms with Gasteiger partial charge in [-0.05, 0) is 44.2 Å². The molecule has 0 spiro atoms. The average molecular weight is 412 g/mol. The van der Waals surface area contributed by atoms with Crippen LogP contribution in [-0.4, -0.2) is 43.4 Å². The number of para-hydroxylation sites is 1. The van der Waals surface area contributed by atoms with Crippen molar-refractivity contribution in [1.82, 2.24) is 0 Å². The van der Waals surface area contributed by atoms with Crippen molar-refractivity contribution in [2.75, 3.05) is 25.3 Å². The first kappa shape index (κ1) is 20.8. The van der Waals surface area contributed by atoms with Gasteiger partial charge >= 0.3 is 5.97 Å². The summed E-state index contributed by atoms with van der Waals surface area (Å²) in [7, 11) is 0. The Hall–Kier alpha value is -3.88. The van der Waals surface area contributed by atoms with Crippen molar-refractivity contribution in [2.24, 2.45) is 5.16 Å². The maximum atomic E-state index is 12.0. The van der Waals surface area contributed by atoms with Gasteiger partial charge < -0.3 is 24.4 Å². The molecule has 0 unspecified atom stereocenters. The van der Waals surface area contributed by atoms with Crippen LogP contribution in [0, 0.1) is 0 Å². The van der Waals surface area contributed by atoms with Crippen molar-refractivity contribution in [3.8, 4) is 11.5 Å². The third kappa shape index (κ3) is 5.34. The highest BCUT2D eigenvalue weighted by Crippen LogP contribution is 2.32. The van der Waals surface area contributed by atoms with Gasteiger partial charge in [0.15, 0.2) is 23.9 Å². The van der Waals surface area contributed by atoms with Crippen molar-refractivity contribution in [1.29, 1.82) is 0 Å². The lowest BCUT2D eigenvalue weighted by Crippen LogP contribution is -2.23. The molecule has 2 aromatic carbocycles. The van der Waals surface area contributed by atoms with Gasteiger partial charge in [0.25, 0.3) is 5.91 Å². The highest BCUT2D eigenvalue weighted by Gasteiger charge is 2.15. The third-order valence-electron chi connectivity index (χ3n) is 4.12. The minimum absolute atomic E-state index is 0.172. The van der Waals surface area contributed by atoms with E-state index in [4.69, 9.17) is 19.0 Å². The number of hydrogen-bond acceptors (Lipinski definition) is 8. The van der Waals surface area contributed by atoms with Crippen LogP contribution in [0.1, 0.15) is 29.8 Å². The Kier molecular flexibility index (Phi) is 6.63. The van der Waals surface area contributed by atoms with Gasteiger partial charge in [-0.3, -0.25) is 9.59 Å². The zero-order chi connectivity index (χ0) is 21.5. The van der Waals surface area contributed by atoms with Crippen LogP contribution in [0.2, 0.25) is 0 Å². The minimum atomic E-state index is -0.757. The number of hydrogen-bond donors (Lipinski definition) is 1. The van der Waals surface area contributed by atoms with Crippen molar-refractivity contribution >= 4 is 29.1 Å². The molecule has 3 rings (SSSR count). The summed E-state index contributed by atoms with van der Waals surface area (Å²) >= 11 is 0. The van der Waals surface area contributed by atoms with Gasteiger partial charge in [-0.15, -0.1) is 0 Å². The zero-order valence-corrected chi connectivity index (χ0v) is 16.5. The van der Waals surface area contributed by atoms with Crippen molar-refractivity contribution in [2.45, 2.75) is 13.8 Å². The number of rotatable bonds is 8. The molecule has 0 bridgehead atoms. The maximum absolute atomic E-state index is 12.0. The maximum Gasteiger partial charge on any atom is 0.347 e. The summed E-state index contributed by atoms with van der Waals surface area (Å²) in [4.78, 5) is 40.3. The number of carbonyl (C=O) groups is 3. The van der Waals surface area contributed by atoms with Crippen LogP contribution in [0.25, 0.3) is 0 Å². The van der Waals surface area contributed by atoms with Crippen molar-refractivity contribution < 1.29 is 33.4 Å².